The van der Waals surface area contributed by atoms with Gasteiger partial charge in [0.2, 0.25) is 0 Å². The van der Waals surface area contributed by atoms with E-state index in [2.05, 4.69) is 5.32 Å². The molecule has 4 rings (SSSR count). The summed E-state index contributed by atoms with van der Waals surface area (Å²) in [6, 6.07) is 22.3. The van der Waals surface area contributed by atoms with Crippen molar-refractivity contribution in [1.82, 2.24) is 0 Å². The molecule has 1 atom stereocenters. The molecule has 0 saturated heterocycles. The van der Waals surface area contributed by atoms with Crippen LogP contribution in [0.4, 0.5) is 11.4 Å². The van der Waals surface area contributed by atoms with Crippen molar-refractivity contribution in [3.8, 4) is 5.75 Å². The zero-order valence-corrected chi connectivity index (χ0v) is 13.8. The number of fused-ring (bicyclic) bond motifs is 1. The van der Waals surface area contributed by atoms with Crippen LogP contribution in [0, 0.1) is 6.92 Å². The van der Waals surface area contributed by atoms with Crippen LogP contribution in [-0.4, -0.2) is 11.0 Å². The predicted octanol–water partition coefficient (Wildman–Crippen LogP) is 4.47. The third-order valence-corrected chi connectivity index (χ3v) is 4.47. The third kappa shape index (κ3) is 2.62. The molecule has 0 radical (unpaired) electrons. The minimum atomic E-state index is -0.480. The molecule has 0 fully saturated rings. The predicted molar refractivity (Wildman–Crippen MR) is 98.9 cm³/mol. The smallest absolute Gasteiger partial charge is 0.262 e. The van der Waals surface area contributed by atoms with Crippen LogP contribution in [0.15, 0.2) is 72.8 Å². The highest BCUT2D eigenvalue weighted by molar-refractivity contribution is 6.12. The van der Waals surface area contributed by atoms with E-state index in [9.17, 15) is 9.90 Å². The number of phenolic OH excluding ortho intramolecular Hbond substituents is 1. The van der Waals surface area contributed by atoms with Crippen molar-refractivity contribution in [2.45, 2.75) is 13.1 Å². The Labute approximate surface area is 146 Å². The lowest BCUT2D eigenvalue weighted by Crippen LogP contribution is -2.43. The molecule has 124 valence electrons. The first kappa shape index (κ1) is 15.3. The lowest BCUT2D eigenvalue weighted by molar-refractivity contribution is 0.0974. The molecule has 3 aromatic rings. The van der Waals surface area contributed by atoms with Gasteiger partial charge in [0.25, 0.3) is 5.91 Å². The Hall–Kier alpha value is -3.27. The number of rotatable bonds is 2. The molecule has 0 aromatic heterocycles. The molecule has 0 aliphatic carbocycles. The summed E-state index contributed by atoms with van der Waals surface area (Å²) in [5, 5.41) is 13.7. The molecule has 0 unspecified atom stereocenters. The van der Waals surface area contributed by atoms with Gasteiger partial charge in [0.05, 0.1) is 5.56 Å². The lowest BCUT2D eigenvalue weighted by atomic mass is 10.0. The van der Waals surface area contributed by atoms with Gasteiger partial charge in [-0.25, -0.2) is 0 Å². The van der Waals surface area contributed by atoms with Crippen LogP contribution in [-0.2, 0) is 0 Å². The van der Waals surface area contributed by atoms with Crippen molar-refractivity contribution in [3.05, 3.63) is 89.5 Å². The van der Waals surface area contributed by atoms with Crippen LogP contribution in [0.1, 0.15) is 27.7 Å². The SMILES string of the molecule is Cc1ccc(N2C(=O)c3ccccc3N[C@@H]2c2ccccc2O)cc1. The van der Waals surface area contributed by atoms with E-state index in [0.29, 0.717) is 11.1 Å². The summed E-state index contributed by atoms with van der Waals surface area (Å²) >= 11 is 0. The van der Waals surface area contributed by atoms with Crippen molar-refractivity contribution >= 4 is 17.3 Å². The van der Waals surface area contributed by atoms with Crippen LogP contribution < -0.4 is 10.2 Å². The average Bonchev–Trinajstić information content (AvgIpc) is 2.63. The zero-order valence-electron chi connectivity index (χ0n) is 13.8. The van der Waals surface area contributed by atoms with Crippen LogP contribution >= 0.6 is 0 Å². The van der Waals surface area contributed by atoms with E-state index < -0.39 is 6.17 Å². The van der Waals surface area contributed by atoms with Gasteiger partial charge in [-0.05, 0) is 37.3 Å². The Bertz CT molecular complexity index is 935. The molecule has 25 heavy (non-hydrogen) atoms. The van der Waals surface area contributed by atoms with E-state index in [1.165, 1.54) is 0 Å². The highest BCUT2D eigenvalue weighted by Gasteiger charge is 2.35. The maximum absolute atomic E-state index is 13.2. The molecule has 0 spiro atoms. The van der Waals surface area contributed by atoms with Gasteiger partial charge >= 0.3 is 0 Å². The number of phenols is 1. The van der Waals surface area contributed by atoms with Crippen LogP contribution in [0.3, 0.4) is 0 Å². The molecule has 0 bridgehead atoms. The number of aryl methyl sites for hydroxylation is 1. The first-order valence-corrected chi connectivity index (χ1v) is 8.19. The summed E-state index contributed by atoms with van der Waals surface area (Å²) < 4.78 is 0. The average molecular weight is 330 g/mol. The van der Waals surface area contributed by atoms with Crippen molar-refractivity contribution in [1.29, 1.82) is 0 Å². The molecule has 4 nitrogen and oxygen atoms in total. The number of anilines is 2. The Balaban J connectivity index is 1.89. The number of hydrogen-bond acceptors (Lipinski definition) is 3. The standard InChI is InChI=1S/C21H18N2O2/c1-14-10-12-15(13-11-14)23-20(17-7-3-5-9-19(17)24)22-18-8-4-2-6-16(18)21(23)25/h2-13,20,22,24H,1H3/t20-/m0/s1. The van der Waals surface area contributed by atoms with Gasteiger partial charge in [-0.1, -0.05) is 48.0 Å². The summed E-state index contributed by atoms with van der Waals surface area (Å²) in [7, 11) is 0. The molecule has 1 aliphatic heterocycles. The maximum atomic E-state index is 13.2. The summed E-state index contributed by atoms with van der Waals surface area (Å²) in [6.45, 7) is 2.01. The van der Waals surface area contributed by atoms with Gasteiger partial charge in [0.15, 0.2) is 0 Å². The van der Waals surface area contributed by atoms with E-state index >= 15 is 0 Å². The first-order valence-electron chi connectivity index (χ1n) is 8.19. The summed E-state index contributed by atoms with van der Waals surface area (Å²) in [4.78, 5) is 14.9. The van der Waals surface area contributed by atoms with Crippen molar-refractivity contribution < 1.29 is 9.90 Å². The molecular weight excluding hydrogens is 312 g/mol. The number of para-hydroxylation sites is 2. The Kier molecular flexibility index (Phi) is 3.65. The normalized spacial score (nSPS) is 16.3. The molecule has 0 saturated carbocycles. The minimum Gasteiger partial charge on any atom is -0.508 e. The summed E-state index contributed by atoms with van der Waals surface area (Å²) in [6.07, 6.45) is -0.480. The zero-order chi connectivity index (χ0) is 17.4. The fourth-order valence-corrected chi connectivity index (χ4v) is 3.16. The van der Waals surface area contributed by atoms with Crippen molar-refractivity contribution in [3.63, 3.8) is 0 Å². The number of aromatic hydroxyl groups is 1. The second-order valence-electron chi connectivity index (χ2n) is 6.16. The second-order valence-corrected chi connectivity index (χ2v) is 6.16. The topological polar surface area (TPSA) is 52.6 Å². The minimum absolute atomic E-state index is 0.0912. The highest BCUT2D eigenvalue weighted by atomic mass is 16.3. The molecule has 1 heterocycles. The van der Waals surface area contributed by atoms with E-state index in [0.717, 1.165) is 16.9 Å². The maximum Gasteiger partial charge on any atom is 0.262 e. The fraction of sp³-hybridized carbons (Fsp3) is 0.0952. The summed E-state index contributed by atoms with van der Waals surface area (Å²) in [5.41, 5.74) is 3.95. The Morgan fingerprint density at radius 1 is 0.920 bits per heavy atom. The number of carbonyl (C=O) groups excluding carboxylic acids is 1. The van der Waals surface area contributed by atoms with Gasteiger partial charge in [0, 0.05) is 16.9 Å². The number of nitrogens with one attached hydrogen (secondary N) is 1. The van der Waals surface area contributed by atoms with Gasteiger partial charge in [-0.2, -0.15) is 0 Å². The second kappa shape index (κ2) is 5.98. The largest absolute Gasteiger partial charge is 0.508 e. The van der Waals surface area contributed by atoms with Gasteiger partial charge < -0.3 is 10.4 Å². The lowest BCUT2D eigenvalue weighted by Gasteiger charge is -2.38. The molecular formula is C21H18N2O2. The monoisotopic (exact) mass is 330 g/mol. The quantitative estimate of drug-likeness (QED) is 0.729. The number of hydrogen-bond donors (Lipinski definition) is 2. The Morgan fingerprint density at radius 3 is 2.36 bits per heavy atom. The number of nitrogens with zero attached hydrogens (tertiary/aromatic N) is 1. The molecule has 1 amide bonds. The number of carbonyl (C=O) groups is 1. The van der Waals surface area contributed by atoms with Crippen LogP contribution in [0.25, 0.3) is 0 Å². The molecule has 1 aliphatic rings. The van der Waals surface area contributed by atoms with E-state index in [1.54, 1.807) is 17.0 Å². The van der Waals surface area contributed by atoms with E-state index in [-0.39, 0.29) is 11.7 Å². The van der Waals surface area contributed by atoms with Gasteiger partial charge in [-0.15, -0.1) is 0 Å². The highest BCUT2D eigenvalue weighted by Crippen LogP contribution is 2.39. The van der Waals surface area contributed by atoms with Crippen LogP contribution in [0.2, 0.25) is 0 Å². The van der Waals surface area contributed by atoms with Gasteiger partial charge in [0.1, 0.15) is 11.9 Å². The third-order valence-electron chi connectivity index (χ3n) is 4.47. The number of amides is 1. The molecule has 2 N–H and O–H groups in total. The van der Waals surface area contributed by atoms with E-state index in [1.807, 2.05) is 67.6 Å². The molecule has 3 aromatic carbocycles. The summed E-state index contributed by atoms with van der Waals surface area (Å²) in [5.74, 6) is 0.0655. The number of benzene rings is 3. The van der Waals surface area contributed by atoms with E-state index in [4.69, 9.17) is 0 Å². The van der Waals surface area contributed by atoms with Crippen LogP contribution in [0.5, 0.6) is 5.75 Å². The van der Waals surface area contributed by atoms with Crippen molar-refractivity contribution in [2.24, 2.45) is 0 Å². The molecule has 4 heteroatoms. The van der Waals surface area contributed by atoms with Gasteiger partial charge in [-0.3, -0.25) is 9.69 Å². The first-order chi connectivity index (χ1) is 12.1. The Morgan fingerprint density at radius 2 is 1.60 bits per heavy atom. The van der Waals surface area contributed by atoms with Crippen molar-refractivity contribution in [2.75, 3.05) is 10.2 Å². The fourth-order valence-electron chi connectivity index (χ4n) is 3.16.